The second-order valence-electron chi connectivity index (χ2n) is 4.03. The minimum absolute atomic E-state index is 0.0491. The molecule has 20 heavy (non-hydrogen) atoms. The van der Waals surface area contributed by atoms with Crippen molar-refractivity contribution in [3.05, 3.63) is 63.4 Å². The third kappa shape index (κ3) is 3.21. The van der Waals surface area contributed by atoms with Crippen molar-refractivity contribution in [1.29, 1.82) is 0 Å². The third-order valence-corrected chi connectivity index (χ3v) is 3.39. The standard InChI is InChI=1S/C14H10Cl2FNO2/c15-11-6-9(18)5-10(13(11)16)14(19)20-7-8-3-1-2-4-12(8)17/h1-6H,7,18H2. The SMILES string of the molecule is Nc1cc(Cl)c(Cl)c(C(=O)OCc2ccccc2F)c1. The Balaban J connectivity index is 2.15. The molecule has 0 fully saturated rings. The number of nitrogens with two attached hydrogens (primary N) is 1. The van der Waals surface area contributed by atoms with Gasteiger partial charge in [0.05, 0.1) is 15.6 Å². The molecule has 0 atom stereocenters. The number of esters is 1. The van der Waals surface area contributed by atoms with E-state index >= 15 is 0 Å². The lowest BCUT2D eigenvalue weighted by molar-refractivity contribution is 0.0469. The first-order chi connectivity index (χ1) is 9.49. The zero-order valence-electron chi connectivity index (χ0n) is 10.2. The molecule has 0 spiro atoms. The van der Waals surface area contributed by atoms with Crippen LogP contribution in [-0.2, 0) is 11.3 Å². The summed E-state index contributed by atoms with van der Waals surface area (Å²) in [7, 11) is 0. The maximum atomic E-state index is 13.4. The van der Waals surface area contributed by atoms with Crippen molar-refractivity contribution < 1.29 is 13.9 Å². The van der Waals surface area contributed by atoms with Gasteiger partial charge in [-0.25, -0.2) is 9.18 Å². The van der Waals surface area contributed by atoms with E-state index in [0.29, 0.717) is 0 Å². The van der Waals surface area contributed by atoms with Gasteiger partial charge < -0.3 is 10.5 Å². The second-order valence-corrected chi connectivity index (χ2v) is 4.82. The van der Waals surface area contributed by atoms with E-state index in [1.807, 2.05) is 0 Å². The summed E-state index contributed by atoms with van der Waals surface area (Å²) in [6, 6.07) is 8.80. The molecule has 0 radical (unpaired) electrons. The van der Waals surface area contributed by atoms with Crippen molar-refractivity contribution in [2.45, 2.75) is 6.61 Å². The molecule has 0 saturated heterocycles. The van der Waals surface area contributed by atoms with Crippen LogP contribution in [0.25, 0.3) is 0 Å². The van der Waals surface area contributed by atoms with Crippen molar-refractivity contribution in [2.75, 3.05) is 5.73 Å². The van der Waals surface area contributed by atoms with Gasteiger partial charge in [0.15, 0.2) is 0 Å². The molecule has 6 heteroatoms. The van der Waals surface area contributed by atoms with Crippen molar-refractivity contribution in [2.24, 2.45) is 0 Å². The topological polar surface area (TPSA) is 52.3 Å². The highest BCUT2D eigenvalue weighted by molar-refractivity contribution is 6.44. The first-order valence-corrected chi connectivity index (χ1v) is 6.39. The number of hydrogen-bond donors (Lipinski definition) is 1. The van der Waals surface area contributed by atoms with E-state index in [0.717, 1.165) is 0 Å². The summed E-state index contributed by atoms with van der Waals surface area (Å²) in [6.45, 7) is -0.200. The largest absolute Gasteiger partial charge is 0.457 e. The number of rotatable bonds is 3. The highest BCUT2D eigenvalue weighted by Crippen LogP contribution is 2.29. The first-order valence-electron chi connectivity index (χ1n) is 5.64. The lowest BCUT2D eigenvalue weighted by Crippen LogP contribution is -2.08. The molecule has 0 aliphatic rings. The van der Waals surface area contributed by atoms with Crippen LogP contribution in [0, 0.1) is 5.82 Å². The maximum absolute atomic E-state index is 13.4. The fourth-order valence-electron chi connectivity index (χ4n) is 1.60. The predicted molar refractivity (Wildman–Crippen MR) is 76.4 cm³/mol. The fourth-order valence-corrected chi connectivity index (χ4v) is 2.01. The Kier molecular flexibility index (Phi) is 4.47. The van der Waals surface area contributed by atoms with E-state index < -0.39 is 11.8 Å². The van der Waals surface area contributed by atoms with Gasteiger partial charge in [-0.2, -0.15) is 0 Å². The van der Waals surface area contributed by atoms with Crippen LogP contribution in [0.5, 0.6) is 0 Å². The predicted octanol–water partition coefficient (Wildman–Crippen LogP) is 4.07. The Hall–Kier alpha value is -1.78. The molecule has 2 aromatic rings. The summed E-state index contributed by atoms with van der Waals surface area (Å²) in [4.78, 5) is 11.9. The first kappa shape index (κ1) is 14.6. The van der Waals surface area contributed by atoms with Gasteiger partial charge in [0.1, 0.15) is 12.4 Å². The lowest BCUT2D eigenvalue weighted by Gasteiger charge is -2.09. The normalized spacial score (nSPS) is 10.3. The summed E-state index contributed by atoms with van der Waals surface area (Å²) < 4.78 is 18.4. The van der Waals surface area contributed by atoms with Crippen LogP contribution >= 0.6 is 23.2 Å². The van der Waals surface area contributed by atoms with Gasteiger partial charge in [0, 0.05) is 11.3 Å². The van der Waals surface area contributed by atoms with Crippen molar-refractivity contribution >= 4 is 34.9 Å². The molecule has 0 bridgehead atoms. The molecule has 0 aromatic heterocycles. The third-order valence-electron chi connectivity index (χ3n) is 2.59. The smallest absolute Gasteiger partial charge is 0.340 e. The number of benzene rings is 2. The number of carbonyl (C=O) groups excluding carboxylic acids is 1. The molecular weight excluding hydrogens is 304 g/mol. The molecule has 104 valence electrons. The number of ether oxygens (including phenoxy) is 1. The summed E-state index contributed by atoms with van der Waals surface area (Å²) in [5, 5.41) is 0.212. The molecule has 0 amide bonds. The Morgan fingerprint density at radius 2 is 1.95 bits per heavy atom. The highest BCUT2D eigenvalue weighted by Gasteiger charge is 2.16. The van der Waals surface area contributed by atoms with Gasteiger partial charge in [-0.3, -0.25) is 0 Å². The molecule has 0 unspecified atom stereocenters. The lowest BCUT2D eigenvalue weighted by atomic mass is 10.2. The van der Waals surface area contributed by atoms with Crippen molar-refractivity contribution in [1.82, 2.24) is 0 Å². The Morgan fingerprint density at radius 1 is 1.25 bits per heavy atom. The van der Waals surface area contributed by atoms with E-state index in [-0.39, 0.29) is 33.5 Å². The quantitative estimate of drug-likeness (QED) is 0.686. The van der Waals surface area contributed by atoms with E-state index in [2.05, 4.69) is 0 Å². The number of nitrogen functional groups attached to an aromatic ring is 1. The van der Waals surface area contributed by atoms with Crippen LogP contribution in [-0.4, -0.2) is 5.97 Å². The molecule has 2 N–H and O–H groups in total. The minimum Gasteiger partial charge on any atom is -0.457 e. The minimum atomic E-state index is -0.715. The molecule has 0 saturated carbocycles. The Bertz CT molecular complexity index is 662. The van der Waals surface area contributed by atoms with Crippen LogP contribution in [0.1, 0.15) is 15.9 Å². The van der Waals surface area contributed by atoms with Gasteiger partial charge in [0.2, 0.25) is 0 Å². The Labute approximate surface area is 125 Å². The molecular formula is C14H10Cl2FNO2. The van der Waals surface area contributed by atoms with Gasteiger partial charge >= 0.3 is 5.97 Å². The van der Waals surface area contributed by atoms with Crippen LogP contribution in [0.4, 0.5) is 10.1 Å². The monoisotopic (exact) mass is 313 g/mol. The number of halogens is 3. The number of hydrogen-bond acceptors (Lipinski definition) is 3. The Morgan fingerprint density at radius 3 is 2.65 bits per heavy atom. The van der Waals surface area contributed by atoms with Gasteiger partial charge in [-0.05, 0) is 18.2 Å². The molecule has 2 aromatic carbocycles. The zero-order valence-corrected chi connectivity index (χ0v) is 11.7. The summed E-state index contributed by atoms with van der Waals surface area (Å²) >= 11 is 11.7. The van der Waals surface area contributed by atoms with Crippen LogP contribution in [0.3, 0.4) is 0 Å². The zero-order chi connectivity index (χ0) is 14.7. The van der Waals surface area contributed by atoms with Gasteiger partial charge in [-0.1, -0.05) is 41.4 Å². The molecule has 2 rings (SSSR count). The number of anilines is 1. The van der Waals surface area contributed by atoms with Crippen LogP contribution < -0.4 is 5.73 Å². The molecule has 0 heterocycles. The van der Waals surface area contributed by atoms with E-state index in [1.54, 1.807) is 12.1 Å². The van der Waals surface area contributed by atoms with Crippen LogP contribution in [0.15, 0.2) is 36.4 Å². The van der Waals surface area contributed by atoms with E-state index in [9.17, 15) is 9.18 Å². The summed E-state index contributed by atoms with van der Waals surface area (Å²) in [5.74, 6) is -1.16. The average Bonchev–Trinajstić information content (AvgIpc) is 2.41. The maximum Gasteiger partial charge on any atom is 0.340 e. The van der Waals surface area contributed by atoms with Crippen molar-refractivity contribution in [3.8, 4) is 0 Å². The average molecular weight is 314 g/mol. The second kappa shape index (κ2) is 6.11. The van der Waals surface area contributed by atoms with E-state index in [1.165, 1.54) is 24.3 Å². The van der Waals surface area contributed by atoms with Gasteiger partial charge in [0.25, 0.3) is 0 Å². The molecule has 3 nitrogen and oxygen atoms in total. The molecule has 0 aliphatic carbocycles. The number of carbonyl (C=O) groups is 1. The van der Waals surface area contributed by atoms with E-state index in [4.69, 9.17) is 33.7 Å². The summed E-state index contributed by atoms with van der Waals surface area (Å²) in [6.07, 6.45) is 0. The van der Waals surface area contributed by atoms with Crippen LogP contribution in [0.2, 0.25) is 10.0 Å². The highest BCUT2D eigenvalue weighted by atomic mass is 35.5. The summed E-state index contributed by atoms with van der Waals surface area (Å²) in [5.41, 5.74) is 6.20. The van der Waals surface area contributed by atoms with Gasteiger partial charge in [-0.15, -0.1) is 0 Å². The molecule has 0 aliphatic heterocycles. The fraction of sp³-hybridized carbons (Fsp3) is 0.0714. The van der Waals surface area contributed by atoms with Crippen molar-refractivity contribution in [3.63, 3.8) is 0 Å².